The molecule has 4 aromatic rings. The topological polar surface area (TPSA) is 105 Å². The monoisotopic (exact) mass is 301 g/mol. The summed E-state index contributed by atoms with van der Waals surface area (Å²) >= 11 is 0. The lowest BCUT2D eigenvalue weighted by Crippen LogP contribution is -2.00. The number of nitrogens with zero attached hydrogens (tertiary/aromatic N) is 3. The number of benzene rings is 1. The third-order valence-corrected chi connectivity index (χ3v) is 3.58. The summed E-state index contributed by atoms with van der Waals surface area (Å²) in [5.41, 5.74) is 9.15. The van der Waals surface area contributed by atoms with E-state index in [9.17, 15) is 5.26 Å². The van der Waals surface area contributed by atoms with Gasteiger partial charge < -0.3 is 15.1 Å². The van der Waals surface area contributed by atoms with Gasteiger partial charge in [0.2, 0.25) is 0 Å². The van der Waals surface area contributed by atoms with Crippen molar-refractivity contribution in [2.45, 2.75) is 0 Å². The smallest absolute Gasteiger partial charge is 0.157 e. The van der Waals surface area contributed by atoms with Crippen LogP contribution in [0.3, 0.4) is 0 Å². The Hall–Kier alpha value is -3.59. The van der Waals surface area contributed by atoms with Crippen LogP contribution in [-0.2, 0) is 0 Å². The summed E-state index contributed by atoms with van der Waals surface area (Å²) in [6.45, 7) is 0. The molecule has 0 aliphatic rings. The standard InChI is InChI=1S/C17H11N5O/c18-9-11-10(15-6-3-7-23-15)8-14(20-16(11)19)17-21-12-4-1-2-5-13(12)22-17/h1-8H,(H2,19,20)(H,21,22). The number of aromatic amines is 1. The normalized spacial score (nSPS) is 10.7. The Morgan fingerprint density at radius 2 is 2.00 bits per heavy atom. The Morgan fingerprint density at radius 3 is 2.74 bits per heavy atom. The molecule has 6 heteroatoms. The van der Waals surface area contributed by atoms with Gasteiger partial charge >= 0.3 is 0 Å². The number of rotatable bonds is 2. The number of para-hydroxylation sites is 2. The number of imidazole rings is 1. The van der Waals surface area contributed by atoms with Crippen LogP contribution in [0.2, 0.25) is 0 Å². The van der Waals surface area contributed by atoms with E-state index in [-0.39, 0.29) is 5.82 Å². The van der Waals surface area contributed by atoms with Crippen LogP contribution >= 0.6 is 0 Å². The zero-order valence-corrected chi connectivity index (χ0v) is 11.9. The first-order chi connectivity index (χ1) is 11.3. The lowest BCUT2D eigenvalue weighted by Gasteiger charge is -2.06. The first kappa shape index (κ1) is 13.1. The van der Waals surface area contributed by atoms with E-state index in [1.165, 1.54) is 0 Å². The van der Waals surface area contributed by atoms with Gasteiger partial charge in [0.15, 0.2) is 5.82 Å². The number of nitrogens with one attached hydrogen (secondary N) is 1. The number of fused-ring (bicyclic) bond motifs is 1. The fraction of sp³-hybridized carbons (Fsp3) is 0. The minimum Gasteiger partial charge on any atom is -0.464 e. The molecular weight excluding hydrogens is 290 g/mol. The van der Waals surface area contributed by atoms with Crippen LogP contribution in [-0.4, -0.2) is 15.0 Å². The number of nitriles is 1. The maximum Gasteiger partial charge on any atom is 0.157 e. The van der Waals surface area contributed by atoms with Crippen molar-refractivity contribution < 1.29 is 4.42 Å². The largest absolute Gasteiger partial charge is 0.464 e. The van der Waals surface area contributed by atoms with E-state index in [2.05, 4.69) is 21.0 Å². The molecule has 110 valence electrons. The average Bonchev–Trinajstić information content (AvgIpc) is 3.23. The van der Waals surface area contributed by atoms with Gasteiger partial charge in [-0.3, -0.25) is 0 Å². The summed E-state index contributed by atoms with van der Waals surface area (Å²) in [7, 11) is 0. The zero-order chi connectivity index (χ0) is 15.8. The molecule has 0 fully saturated rings. The van der Waals surface area contributed by atoms with Crippen molar-refractivity contribution in [3.05, 3.63) is 54.3 Å². The molecule has 0 radical (unpaired) electrons. The predicted octanol–water partition coefficient (Wildman–Crippen LogP) is 3.34. The number of hydrogen-bond acceptors (Lipinski definition) is 5. The Kier molecular flexibility index (Phi) is 2.85. The van der Waals surface area contributed by atoms with Crippen LogP contribution in [0.1, 0.15) is 5.56 Å². The maximum atomic E-state index is 9.34. The number of nitrogens with two attached hydrogens (primary N) is 1. The third kappa shape index (κ3) is 2.12. The first-order valence-electron chi connectivity index (χ1n) is 6.96. The minimum atomic E-state index is 0.150. The van der Waals surface area contributed by atoms with Gasteiger partial charge in [-0.05, 0) is 30.3 Å². The number of hydrogen-bond donors (Lipinski definition) is 2. The van der Waals surface area contributed by atoms with Crippen LogP contribution in [0, 0.1) is 11.3 Å². The Labute approximate surface area is 131 Å². The van der Waals surface area contributed by atoms with Crippen LogP contribution < -0.4 is 5.73 Å². The van der Waals surface area contributed by atoms with Crippen molar-refractivity contribution in [3.8, 4) is 28.9 Å². The van der Waals surface area contributed by atoms with E-state index in [1.807, 2.05) is 24.3 Å². The lowest BCUT2D eigenvalue weighted by atomic mass is 10.1. The lowest BCUT2D eigenvalue weighted by molar-refractivity contribution is 0.582. The van der Waals surface area contributed by atoms with Crippen molar-refractivity contribution in [2.75, 3.05) is 5.73 Å². The molecule has 3 heterocycles. The van der Waals surface area contributed by atoms with E-state index >= 15 is 0 Å². The van der Waals surface area contributed by atoms with Gasteiger partial charge in [0.25, 0.3) is 0 Å². The molecule has 6 nitrogen and oxygen atoms in total. The zero-order valence-electron chi connectivity index (χ0n) is 11.9. The maximum absolute atomic E-state index is 9.34. The summed E-state index contributed by atoms with van der Waals surface area (Å²) in [6, 6.07) is 15.1. The summed E-state index contributed by atoms with van der Waals surface area (Å²) in [6.07, 6.45) is 1.55. The Balaban J connectivity index is 1.94. The molecular formula is C17H11N5O. The highest BCUT2D eigenvalue weighted by Crippen LogP contribution is 2.31. The second-order valence-electron chi connectivity index (χ2n) is 5.01. The second kappa shape index (κ2) is 5.00. The molecule has 0 atom stereocenters. The van der Waals surface area contributed by atoms with Crippen molar-refractivity contribution in [1.29, 1.82) is 5.26 Å². The number of pyridine rings is 1. The SMILES string of the molecule is N#Cc1c(-c2ccco2)cc(-c2nc3ccccc3[nH]2)nc1N. The molecule has 0 amide bonds. The molecule has 0 saturated carbocycles. The van der Waals surface area contributed by atoms with Gasteiger partial charge in [-0.1, -0.05) is 12.1 Å². The average molecular weight is 301 g/mol. The number of H-pyrrole nitrogens is 1. The van der Waals surface area contributed by atoms with E-state index in [1.54, 1.807) is 24.5 Å². The van der Waals surface area contributed by atoms with Crippen LogP contribution in [0.25, 0.3) is 33.9 Å². The third-order valence-electron chi connectivity index (χ3n) is 3.58. The molecule has 3 N–H and O–H groups in total. The summed E-state index contributed by atoms with van der Waals surface area (Å²) in [4.78, 5) is 12.0. The van der Waals surface area contributed by atoms with E-state index in [4.69, 9.17) is 10.2 Å². The van der Waals surface area contributed by atoms with Crippen molar-refractivity contribution >= 4 is 16.9 Å². The summed E-state index contributed by atoms with van der Waals surface area (Å²) < 4.78 is 5.40. The van der Waals surface area contributed by atoms with E-state index in [0.717, 1.165) is 11.0 Å². The van der Waals surface area contributed by atoms with Crippen LogP contribution in [0.4, 0.5) is 5.82 Å². The van der Waals surface area contributed by atoms with Crippen molar-refractivity contribution in [3.63, 3.8) is 0 Å². The quantitative estimate of drug-likeness (QED) is 0.591. The van der Waals surface area contributed by atoms with Gasteiger partial charge in [-0.15, -0.1) is 0 Å². The molecule has 3 aromatic heterocycles. The van der Waals surface area contributed by atoms with Gasteiger partial charge in [-0.25, -0.2) is 9.97 Å². The van der Waals surface area contributed by atoms with Gasteiger partial charge in [0.1, 0.15) is 28.9 Å². The second-order valence-corrected chi connectivity index (χ2v) is 5.01. The fourth-order valence-corrected chi connectivity index (χ4v) is 2.50. The van der Waals surface area contributed by atoms with Gasteiger partial charge in [0.05, 0.1) is 17.3 Å². The Bertz CT molecular complexity index is 1010. The number of furan rings is 1. The highest BCUT2D eigenvalue weighted by molar-refractivity contribution is 5.81. The van der Waals surface area contributed by atoms with Crippen LogP contribution in [0.15, 0.2) is 53.1 Å². The predicted molar refractivity (Wildman–Crippen MR) is 86.2 cm³/mol. The van der Waals surface area contributed by atoms with Crippen LogP contribution in [0.5, 0.6) is 0 Å². The minimum absolute atomic E-state index is 0.150. The molecule has 0 aliphatic carbocycles. The van der Waals surface area contributed by atoms with Gasteiger partial charge in [0, 0.05) is 5.56 Å². The number of nitrogen functional groups attached to an aromatic ring is 1. The van der Waals surface area contributed by atoms with E-state index in [0.29, 0.717) is 28.4 Å². The molecule has 4 rings (SSSR count). The Morgan fingerprint density at radius 1 is 1.13 bits per heavy atom. The number of aromatic nitrogens is 3. The summed E-state index contributed by atoms with van der Waals surface area (Å²) in [5, 5.41) is 9.34. The highest BCUT2D eigenvalue weighted by atomic mass is 16.3. The fourth-order valence-electron chi connectivity index (χ4n) is 2.50. The molecule has 0 unspecified atom stereocenters. The molecule has 0 spiro atoms. The molecule has 0 aliphatic heterocycles. The highest BCUT2D eigenvalue weighted by Gasteiger charge is 2.16. The molecule has 0 bridgehead atoms. The van der Waals surface area contributed by atoms with Crippen molar-refractivity contribution in [2.24, 2.45) is 0 Å². The molecule has 23 heavy (non-hydrogen) atoms. The number of anilines is 1. The first-order valence-corrected chi connectivity index (χ1v) is 6.96. The molecule has 0 saturated heterocycles. The summed E-state index contributed by atoms with van der Waals surface area (Å²) in [5.74, 6) is 1.31. The molecule has 1 aromatic carbocycles. The van der Waals surface area contributed by atoms with Crippen molar-refractivity contribution in [1.82, 2.24) is 15.0 Å². The van der Waals surface area contributed by atoms with E-state index < -0.39 is 0 Å². The van der Waals surface area contributed by atoms with Gasteiger partial charge in [-0.2, -0.15) is 5.26 Å².